The minimum atomic E-state index is 0.126. The zero-order valence-electron chi connectivity index (χ0n) is 8.13. The van der Waals surface area contributed by atoms with Crippen molar-refractivity contribution in [3.8, 4) is 0 Å². The van der Waals surface area contributed by atoms with Gasteiger partial charge in [0.05, 0.1) is 5.69 Å². The normalized spacial score (nSPS) is 14.6. The molecule has 70 valence electrons. The van der Waals surface area contributed by atoms with Crippen molar-refractivity contribution in [2.45, 2.75) is 39.7 Å². The third-order valence-electron chi connectivity index (χ3n) is 2.72. The molecule has 0 saturated heterocycles. The Morgan fingerprint density at radius 1 is 1.38 bits per heavy atom. The summed E-state index contributed by atoms with van der Waals surface area (Å²) in [6.45, 7) is 4.62. The van der Waals surface area contributed by atoms with E-state index in [4.69, 9.17) is 0 Å². The maximum atomic E-state index is 11.7. The molecule has 1 aromatic heterocycles. The van der Waals surface area contributed by atoms with E-state index in [1.165, 1.54) is 5.56 Å². The fraction of sp³-hybridized carbons (Fsp3) is 0.600. The van der Waals surface area contributed by atoms with Crippen LogP contribution in [-0.4, -0.2) is 9.78 Å². The number of hydrogen-bond donors (Lipinski definition) is 0. The van der Waals surface area contributed by atoms with Gasteiger partial charge in [0.15, 0.2) is 0 Å². The van der Waals surface area contributed by atoms with Gasteiger partial charge in [-0.3, -0.25) is 4.79 Å². The number of fused-ring (bicyclic) bond motifs is 1. The summed E-state index contributed by atoms with van der Waals surface area (Å²) in [5.41, 5.74) is 3.37. The molecule has 1 aliphatic rings. The minimum Gasteiger partial charge on any atom is -0.267 e. The van der Waals surface area contributed by atoms with Crippen molar-refractivity contribution in [3.63, 3.8) is 0 Å². The molecule has 0 N–H and O–H groups in total. The third-order valence-corrected chi connectivity index (χ3v) is 2.72. The van der Waals surface area contributed by atoms with Crippen molar-refractivity contribution in [2.24, 2.45) is 0 Å². The van der Waals surface area contributed by atoms with Gasteiger partial charge in [0.1, 0.15) is 0 Å². The Labute approximate surface area is 77.4 Å². The molecule has 3 heteroatoms. The van der Waals surface area contributed by atoms with Gasteiger partial charge < -0.3 is 0 Å². The first-order valence-corrected chi connectivity index (χ1v) is 4.83. The average molecular weight is 178 g/mol. The number of nitrogens with zero attached hydrogens (tertiary/aromatic N) is 2. The van der Waals surface area contributed by atoms with Gasteiger partial charge in [-0.25, -0.2) is 4.68 Å². The molecule has 0 unspecified atom stereocenters. The number of rotatable bonds is 1. The molecule has 0 saturated carbocycles. The first-order chi connectivity index (χ1) is 6.24. The van der Waals surface area contributed by atoms with Crippen LogP contribution in [0.3, 0.4) is 0 Å². The van der Waals surface area contributed by atoms with Gasteiger partial charge in [0.2, 0.25) is 0 Å². The van der Waals surface area contributed by atoms with E-state index in [2.05, 4.69) is 5.10 Å². The summed E-state index contributed by atoms with van der Waals surface area (Å²) in [6.07, 6.45) is 3.09. The van der Waals surface area contributed by atoms with Crippen LogP contribution in [0.1, 0.15) is 30.2 Å². The molecule has 0 radical (unpaired) electrons. The third kappa shape index (κ3) is 1.19. The standard InChI is InChI=1S/C10H14N2O/c1-3-12-10(13)9-6-4-5-8(9)7(2)11-12/h3-6H2,1-2H3. The van der Waals surface area contributed by atoms with Gasteiger partial charge in [0.25, 0.3) is 5.56 Å². The Morgan fingerprint density at radius 2 is 2.08 bits per heavy atom. The van der Waals surface area contributed by atoms with E-state index in [9.17, 15) is 4.79 Å². The van der Waals surface area contributed by atoms with E-state index < -0.39 is 0 Å². The molecule has 0 aromatic carbocycles. The van der Waals surface area contributed by atoms with Crippen molar-refractivity contribution in [2.75, 3.05) is 0 Å². The fourth-order valence-corrected chi connectivity index (χ4v) is 2.04. The lowest BCUT2D eigenvalue weighted by atomic mass is 10.1. The summed E-state index contributed by atoms with van der Waals surface area (Å²) < 4.78 is 1.57. The molecule has 0 spiro atoms. The van der Waals surface area contributed by atoms with Crippen LogP contribution in [-0.2, 0) is 19.4 Å². The maximum absolute atomic E-state index is 11.7. The van der Waals surface area contributed by atoms with Crippen molar-refractivity contribution in [1.82, 2.24) is 9.78 Å². The molecule has 3 nitrogen and oxygen atoms in total. The van der Waals surface area contributed by atoms with E-state index in [0.29, 0.717) is 6.54 Å². The summed E-state index contributed by atoms with van der Waals surface area (Å²) in [5, 5.41) is 4.27. The van der Waals surface area contributed by atoms with E-state index in [1.54, 1.807) is 4.68 Å². The zero-order chi connectivity index (χ0) is 9.42. The summed E-state index contributed by atoms with van der Waals surface area (Å²) in [7, 11) is 0. The Hall–Kier alpha value is -1.12. The van der Waals surface area contributed by atoms with Gasteiger partial charge in [-0.1, -0.05) is 0 Å². The topological polar surface area (TPSA) is 34.9 Å². The van der Waals surface area contributed by atoms with Crippen LogP contribution in [0.15, 0.2) is 4.79 Å². The van der Waals surface area contributed by atoms with Crippen molar-refractivity contribution >= 4 is 0 Å². The van der Waals surface area contributed by atoms with Crippen molar-refractivity contribution in [1.29, 1.82) is 0 Å². The molecule has 1 aliphatic carbocycles. The van der Waals surface area contributed by atoms with Crippen LogP contribution in [0.25, 0.3) is 0 Å². The molecule has 2 rings (SSSR count). The van der Waals surface area contributed by atoms with Gasteiger partial charge in [0, 0.05) is 12.1 Å². The van der Waals surface area contributed by atoms with E-state index in [0.717, 1.165) is 30.5 Å². The summed E-state index contributed by atoms with van der Waals surface area (Å²) in [5.74, 6) is 0. The maximum Gasteiger partial charge on any atom is 0.270 e. The predicted octanol–water partition coefficient (Wildman–Crippen LogP) is 1.06. The number of hydrogen-bond acceptors (Lipinski definition) is 2. The summed E-state index contributed by atoms with van der Waals surface area (Å²) in [4.78, 5) is 11.7. The lowest BCUT2D eigenvalue weighted by molar-refractivity contribution is 0.598. The van der Waals surface area contributed by atoms with Crippen molar-refractivity contribution < 1.29 is 0 Å². The molecule has 0 fully saturated rings. The monoisotopic (exact) mass is 178 g/mol. The largest absolute Gasteiger partial charge is 0.270 e. The van der Waals surface area contributed by atoms with E-state index in [-0.39, 0.29) is 5.56 Å². The highest BCUT2D eigenvalue weighted by molar-refractivity contribution is 5.31. The zero-order valence-corrected chi connectivity index (χ0v) is 8.13. The lowest BCUT2D eigenvalue weighted by Crippen LogP contribution is -2.26. The molecule has 0 bridgehead atoms. The Kier molecular flexibility index (Phi) is 1.94. The summed E-state index contributed by atoms with van der Waals surface area (Å²) in [6, 6.07) is 0. The number of aromatic nitrogens is 2. The molecule has 0 aliphatic heterocycles. The second-order valence-corrected chi connectivity index (χ2v) is 3.52. The Balaban J connectivity index is 2.70. The lowest BCUT2D eigenvalue weighted by Gasteiger charge is -2.06. The molecule has 1 aromatic rings. The van der Waals surface area contributed by atoms with Crippen LogP contribution in [0.2, 0.25) is 0 Å². The quantitative estimate of drug-likeness (QED) is 0.644. The van der Waals surface area contributed by atoms with Gasteiger partial charge in [-0.2, -0.15) is 5.10 Å². The second-order valence-electron chi connectivity index (χ2n) is 3.52. The first kappa shape index (κ1) is 8.48. The van der Waals surface area contributed by atoms with E-state index >= 15 is 0 Å². The summed E-state index contributed by atoms with van der Waals surface area (Å²) >= 11 is 0. The van der Waals surface area contributed by atoms with Gasteiger partial charge in [-0.05, 0) is 38.7 Å². The molecular weight excluding hydrogens is 164 g/mol. The van der Waals surface area contributed by atoms with Crippen LogP contribution in [0, 0.1) is 6.92 Å². The van der Waals surface area contributed by atoms with Crippen LogP contribution in [0.5, 0.6) is 0 Å². The Bertz CT molecular complexity index is 393. The second kappa shape index (κ2) is 2.98. The fourth-order valence-electron chi connectivity index (χ4n) is 2.04. The smallest absolute Gasteiger partial charge is 0.267 e. The highest BCUT2D eigenvalue weighted by atomic mass is 16.1. The molecule has 0 amide bonds. The predicted molar refractivity (Wildman–Crippen MR) is 50.9 cm³/mol. The van der Waals surface area contributed by atoms with Crippen molar-refractivity contribution in [3.05, 3.63) is 27.2 Å². The van der Waals surface area contributed by atoms with E-state index in [1.807, 2.05) is 13.8 Å². The number of aryl methyl sites for hydroxylation is 2. The molecule has 13 heavy (non-hydrogen) atoms. The minimum absolute atomic E-state index is 0.126. The highest BCUT2D eigenvalue weighted by Gasteiger charge is 2.18. The SMILES string of the molecule is CCn1nc(C)c2c(c1=O)CCC2. The first-order valence-electron chi connectivity index (χ1n) is 4.83. The Morgan fingerprint density at radius 3 is 2.77 bits per heavy atom. The molecule has 1 heterocycles. The molecule has 0 atom stereocenters. The van der Waals surface area contributed by atoms with Crippen LogP contribution >= 0.6 is 0 Å². The van der Waals surface area contributed by atoms with Gasteiger partial charge >= 0.3 is 0 Å². The average Bonchev–Trinajstić information content (AvgIpc) is 2.60. The van der Waals surface area contributed by atoms with Crippen LogP contribution < -0.4 is 5.56 Å². The van der Waals surface area contributed by atoms with Crippen LogP contribution in [0.4, 0.5) is 0 Å². The highest BCUT2D eigenvalue weighted by Crippen LogP contribution is 2.19. The van der Waals surface area contributed by atoms with Gasteiger partial charge in [-0.15, -0.1) is 0 Å². The molecular formula is C10H14N2O.